The smallest absolute Gasteiger partial charge is 0.193 e. The second kappa shape index (κ2) is 5.08. The molecule has 0 spiro atoms. The van der Waals surface area contributed by atoms with E-state index in [0.717, 1.165) is 22.8 Å². The molecule has 3 heterocycles. The Kier molecular flexibility index (Phi) is 3.49. The van der Waals surface area contributed by atoms with Gasteiger partial charge in [-0.25, -0.2) is 4.98 Å². The van der Waals surface area contributed by atoms with Crippen molar-refractivity contribution in [3.63, 3.8) is 0 Å². The zero-order chi connectivity index (χ0) is 11.7. The molecule has 5 heteroatoms. The number of thiazole rings is 1. The van der Waals surface area contributed by atoms with E-state index >= 15 is 0 Å². The maximum absolute atomic E-state index is 4.65. The van der Waals surface area contributed by atoms with Gasteiger partial charge in [-0.15, -0.1) is 11.3 Å². The van der Waals surface area contributed by atoms with Crippen molar-refractivity contribution in [1.29, 1.82) is 0 Å². The number of likely N-dealkylation sites (tertiary alicyclic amines) is 1. The molecule has 1 unspecified atom stereocenters. The number of piperidine rings is 1. The van der Waals surface area contributed by atoms with E-state index in [1.165, 1.54) is 31.6 Å². The van der Waals surface area contributed by atoms with Crippen molar-refractivity contribution in [2.24, 2.45) is 5.92 Å². The van der Waals surface area contributed by atoms with Gasteiger partial charge in [0.15, 0.2) is 4.96 Å². The number of rotatable bonds is 3. The van der Waals surface area contributed by atoms with Gasteiger partial charge >= 0.3 is 0 Å². The Balaban J connectivity index is 1.68. The average molecular weight is 314 g/mol. The number of halogens is 1. The van der Waals surface area contributed by atoms with Crippen molar-refractivity contribution < 1.29 is 0 Å². The molecule has 0 N–H and O–H groups in total. The summed E-state index contributed by atoms with van der Waals surface area (Å²) in [6.07, 6.45) is 6.91. The summed E-state index contributed by atoms with van der Waals surface area (Å²) in [6.45, 7) is 3.42. The highest BCUT2D eigenvalue weighted by Gasteiger charge is 2.19. The molecule has 0 saturated carbocycles. The van der Waals surface area contributed by atoms with Crippen LogP contribution in [0.1, 0.15) is 18.5 Å². The highest BCUT2D eigenvalue weighted by atomic mass is 79.9. The standard InChI is InChI=1S/C12H16BrN3S/c13-6-10-2-1-3-15(7-10)8-11-9-16-4-5-17-12(16)14-11/h4-5,9-10H,1-3,6-8H2. The van der Waals surface area contributed by atoms with Gasteiger partial charge in [0, 0.05) is 36.2 Å². The van der Waals surface area contributed by atoms with Crippen LogP contribution in [0.4, 0.5) is 0 Å². The molecule has 17 heavy (non-hydrogen) atoms. The Morgan fingerprint density at radius 2 is 2.47 bits per heavy atom. The molecule has 3 nitrogen and oxygen atoms in total. The number of alkyl halides is 1. The summed E-state index contributed by atoms with van der Waals surface area (Å²) < 4.78 is 2.12. The normalized spacial score (nSPS) is 22.3. The SMILES string of the molecule is BrCC1CCCN(Cc2cn3ccsc3n2)C1. The van der Waals surface area contributed by atoms with E-state index in [4.69, 9.17) is 0 Å². The van der Waals surface area contributed by atoms with E-state index < -0.39 is 0 Å². The summed E-state index contributed by atoms with van der Waals surface area (Å²) >= 11 is 5.30. The highest BCUT2D eigenvalue weighted by Crippen LogP contribution is 2.20. The van der Waals surface area contributed by atoms with Gasteiger partial charge < -0.3 is 0 Å². The van der Waals surface area contributed by atoms with Crippen LogP contribution in [0.5, 0.6) is 0 Å². The summed E-state index contributed by atoms with van der Waals surface area (Å²) in [5, 5.41) is 3.20. The Morgan fingerprint density at radius 1 is 1.53 bits per heavy atom. The first kappa shape index (κ1) is 11.7. The van der Waals surface area contributed by atoms with Gasteiger partial charge in [-0.2, -0.15) is 0 Å². The van der Waals surface area contributed by atoms with Crippen LogP contribution in [0, 0.1) is 5.92 Å². The minimum atomic E-state index is 0.812. The van der Waals surface area contributed by atoms with E-state index in [-0.39, 0.29) is 0 Å². The summed E-state index contributed by atoms with van der Waals surface area (Å²) in [5.41, 5.74) is 1.20. The van der Waals surface area contributed by atoms with Crippen LogP contribution in [-0.2, 0) is 6.54 Å². The third kappa shape index (κ3) is 2.56. The van der Waals surface area contributed by atoms with Crippen LogP contribution in [0.2, 0.25) is 0 Å². The predicted octanol–water partition coefficient (Wildman–Crippen LogP) is 3.00. The fourth-order valence-corrected chi connectivity index (χ4v) is 3.75. The maximum Gasteiger partial charge on any atom is 0.193 e. The molecule has 1 aliphatic rings. The Bertz CT molecular complexity index is 464. The molecule has 2 aromatic heterocycles. The Hall–Kier alpha value is -0.390. The number of nitrogens with zero attached hydrogens (tertiary/aromatic N) is 3. The molecule has 0 aliphatic carbocycles. The number of hydrogen-bond acceptors (Lipinski definition) is 3. The maximum atomic E-state index is 4.65. The number of aromatic nitrogens is 2. The summed E-state index contributed by atoms with van der Waals surface area (Å²) in [4.78, 5) is 8.28. The first-order chi connectivity index (χ1) is 8.35. The molecule has 0 amide bonds. The van der Waals surface area contributed by atoms with Gasteiger partial charge in [0.25, 0.3) is 0 Å². The molecular formula is C12H16BrN3S. The molecule has 1 aliphatic heterocycles. The van der Waals surface area contributed by atoms with Crippen LogP contribution < -0.4 is 0 Å². The summed E-state index contributed by atoms with van der Waals surface area (Å²) in [5.74, 6) is 0.812. The van der Waals surface area contributed by atoms with Gasteiger partial charge in [-0.05, 0) is 25.3 Å². The van der Waals surface area contributed by atoms with Crippen LogP contribution in [0.15, 0.2) is 17.8 Å². The molecule has 2 aromatic rings. The molecule has 0 aromatic carbocycles. The second-order valence-electron chi connectivity index (χ2n) is 4.72. The third-order valence-electron chi connectivity index (χ3n) is 3.35. The van der Waals surface area contributed by atoms with E-state index in [1.54, 1.807) is 11.3 Å². The lowest BCUT2D eigenvalue weighted by atomic mass is 10.0. The zero-order valence-corrected chi connectivity index (χ0v) is 12.1. The number of imidazole rings is 1. The summed E-state index contributed by atoms with van der Waals surface area (Å²) in [7, 11) is 0. The van der Waals surface area contributed by atoms with Crippen molar-refractivity contribution in [2.75, 3.05) is 18.4 Å². The van der Waals surface area contributed by atoms with Gasteiger partial charge in [0.2, 0.25) is 0 Å². The van der Waals surface area contributed by atoms with Gasteiger partial charge in [0.1, 0.15) is 0 Å². The first-order valence-corrected chi connectivity index (χ1v) is 8.04. The fourth-order valence-electron chi connectivity index (χ4n) is 2.50. The van der Waals surface area contributed by atoms with Crippen LogP contribution in [-0.4, -0.2) is 32.7 Å². The van der Waals surface area contributed by atoms with Crippen LogP contribution in [0.25, 0.3) is 4.96 Å². The molecule has 3 rings (SSSR count). The number of hydrogen-bond donors (Lipinski definition) is 0. The average Bonchev–Trinajstić information content (AvgIpc) is 2.90. The topological polar surface area (TPSA) is 20.5 Å². The molecule has 0 bridgehead atoms. The minimum absolute atomic E-state index is 0.812. The lowest BCUT2D eigenvalue weighted by Gasteiger charge is -2.31. The molecule has 0 radical (unpaired) electrons. The Labute approximate surface area is 114 Å². The van der Waals surface area contributed by atoms with Gasteiger partial charge in [-0.1, -0.05) is 15.9 Å². The van der Waals surface area contributed by atoms with Crippen molar-refractivity contribution in [2.45, 2.75) is 19.4 Å². The zero-order valence-electron chi connectivity index (χ0n) is 9.68. The summed E-state index contributed by atoms with van der Waals surface area (Å²) in [6, 6.07) is 0. The monoisotopic (exact) mass is 313 g/mol. The Morgan fingerprint density at radius 3 is 3.29 bits per heavy atom. The van der Waals surface area contributed by atoms with Crippen molar-refractivity contribution in [3.8, 4) is 0 Å². The fraction of sp³-hybridized carbons (Fsp3) is 0.583. The molecule has 92 valence electrons. The quantitative estimate of drug-likeness (QED) is 0.812. The number of fused-ring (bicyclic) bond motifs is 1. The molecule has 1 atom stereocenters. The van der Waals surface area contributed by atoms with Crippen LogP contribution in [0.3, 0.4) is 0 Å². The van der Waals surface area contributed by atoms with Crippen molar-refractivity contribution in [1.82, 2.24) is 14.3 Å². The van der Waals surface area contributed by atoms with Gasteiger partial charge in [-0.3, -0.25) is 9.30 Å². The molecular weight excluding hydrogens is 298 g/mol. The molecule has 1 saturated heterocycles. The minimum Gasteiger partial charge on any atom is -0.297 e. The lowest BCUT2D eigenvalue weighted by molar-refractivity contribution is 0.178. The second-order valence-corrected chi connectivity index (χ2v) is 6.24. The third-order valence-corrected chi connectivity index (χ3v) is 5.04. The van der Waals surface area contributed by atoms with Crippen LogP contribution >= 0.6 is 27.3 Å². The van der Waals surface area contributed by atoms with E-state index in [9.17, 15) is 0 Å². The van der Waals surface area contributed by atoms with Crippen molar-refractivity contribution in [3.05, 3.63) is 23.5 Å². The van der Waals surface area contributed by atoms with E-state index in [1.807, 2.05) is 0 Å². The first-order valence-electron chi connectivity index (χ1n) is 6.04. The van der Waals surface area contributed by atoms with E-state index in [2.05, 4.69) is 48.0 Å². The lowest BCUT2D eigenvalue weighted by Crippen LogP contribution is -2.35. The predicted molar refractivity (Wildman–Crippen MR) is 74.9 cm³/mol. The van der Waals surface area contributed by atoms with E-state index in [0.29, 0.717) is 0 Å². The largest absolute Gasteiger partial charge is 0.297 e. The molecule has 1 fully saturated rings. The van der Waals surface area contributed by atoms with Crippen molar-refractivity contribution >= 4 is 32.2 Å². The van der Waals surface area contributed by atoms with Gasteiger partial charge in [0.05, 0.1) is 5.69 Å². The highest BCUT2D eigenvalue weighted by molar-refractivity contribution is 9.09.